The van der Waals surface area contributed by atoms with Crippen molar-refractivity contribution in [3.63, 3.8) is 0 Å². The lowest BCUT2D eigenvalue weighted by atomic mass is 9.95. The lowest BCUT2D eigenvalue weighted by Gasteiger charge is -2.29. The molecular weight excluding hydrogens is 274 g/mol. The minimum absolute atomic E-state index is 0.360. The van der Waals surface area contributed by atoms with Gasteiger partial charge in [-0.05, 0) is 45.0 Å². The second-order valence-corrected chi connectivity index (χ2v) is 5.16. The molecule has 0 unspecified atom stereocenters. The van der Waals surface area contributed by atoms with Crippen molar-refractivity contribution in [2.75, 3.05) is 6.61 Å². The summed E-state index contributed by atoms with van der Waals surface area (Å²) in [6, 6.07) is 5.41. The number of hydroxylamine groups is 1. The SMILES string of the molecule is CCOc1ccc(C(=O)N[C@@H](C(=O)NO)C(C)(C)N)cc1. The molecule has 0 fully saturated rings. The number of hydrogen-bond acceptors (Lipinski definition) is 5. The van der Waals surface area contributed by atoms with Crippen LogP contribution in [-0.4, -0.2) is 35.2 Å². The molecule has 1 aromatic rings. The molecule has 0 spiro atoms. The maximum atomic E-state index is 12.1. The van der Waals surface area contributed by atoms with Gasteiger partial charge in [0.2, 0.25) is 0 Å². The van der Waals surface area contributed by atoms with E-state index in [1.807, 2.05) is 6.92 Å². The zero-order chi connectivity index (χ0) is 16.0. The average molecular weight is 295 g/mol. The number of carbonyl (C=O) groups is 2. The highest BCUT2D eigenvalue weighted by Gasteiger charge is 2.33. The summed E-state index contributed by atoms with van der Waals surface area (Å²) < 4.78 is 5.28. The molecule has 5 N–H and O–H groups in total. The number of benzene rings is 1. The van der Waals surface area contributed by atoms with Gasteiger partial charge in [-0.15, -0.1) is 0 Å². The van der Waals surface area contributed by atoms with Gasteiger partial charge in [-0.1, -0.05) is 0 Å². The summed E-state index contributed by atoms with van der Waals surface area (Å²) in [5, 5.41) is 11.2. The summed E-state index contributed by atoms with van der Waals surface area (Å²) in [7, 11) is 0. The summed E-state index contributed by atoms with van der Waals surface area (Å²) in [4.78, 5) is 23.7. The molecule has 1 atom stereocenters. The quantitative estimate of drug-likeness (QED) is 0.449. The van der Waals surface area contributed by atoms with Gasteiger partial charge in [-0.2, -0.15) is 0 Å². The van der Waals surface area contributed by atoms with Gasteiger partial charge in [0.05, 0.1) is 6.61 Å². The summed E-state index contributed by atoms with van der Waals surface area (Å²) in [6.45, 7) is 5.55. The first-order valence-corrected chi connectivity index (χ1v) is 6.56. The zero-order valence-corrected chi connectivity index (χ0v) is 12.3. The highest BCUT2D eigenvalue weighted by atomic mass is 16.5. The van der Waals surface area contributed by atoms with E-state index in [1.165, 1.54) is 5.48 Å². The molecule has 0 aliphatic rings. The van der Waals surface area contributed by atoms with Crippen molar-refractivity contribution in [3.05, 3.63) is 29.8 Å². The van der Waals surface area contributed by atoms with Crippen molar-refractivity contribution in [3.8, 4) is 5.75 Å². The van der Waals surface area contributed by atoms with E-state index >= 15 is 0 Å². The molecule has 0 bridgehead atoms. The van der Waals surface area contributed by atoms with Gasteiger partial charge in [-0.3, -0.25) is 14.8 Å². The van der Waals surface area contributed by atoms with Crippen LogP contribution < -0.4 is 21.3 Å². The molecule has 0 aliphatic carbocycles. The minimum atomic E-state index is -1.07. The predicted molar refractivity (Wildman–Crippen MR) is 77.1 cm³/mol. The van der Waals surface area contributed by atoms with Crippen LogP contribution in [0.25, 0.3) is 0 Å². The molecule has 116 valence electrons. The van der Waals surface area contributed by atoms with Gasteiger partial charge in [0.15, 0.2) is 0 Å². The Balaban J connectivity index is 2.84. The molecule has 0 aliphatic heterocycles. The minimum Gasteiger partial charge on any atom is -0.494 e. The fourth-order valence-electron chi connectivity index (χ4n) is 1.74. The summed E-state index contributed by atoms with van der Waals surface area (Å²) in [5.74, 6) is -0.593. The highest BCUT2D eigenvalue weighted by Crippen LogP contribution is 2.13. The van der Waals surface area contributed by atoms with E-state index in [-0.39, 0.29) is 0 Å². The highest BCUT2D eigenvalue weighted by molar-refractivity contribution is 5.97. The molecule has 21 heavy (non-hydrogen) atoms. The molecular formula is C14H21N3O4. The van der Waals surface area contributed by atoms with Crippen molar-refractivity contribution >= 4 is 11.8 Å². The van der Waals surface area contributed by atoms with E-state index in [2.05, 4.69) is 5.32 Å². The van der Waals surface area contributed by atoms with E-state index in [0.717, 1.165) is 0 Å². The van der Waals surface area contributed by atoms with Crippen LogP contribution in [-0.2, 0) is 4.79 Å². The monoisotopic (exact) mass is 295 g/mol. The third-order valence-electron chi connectivity index (χ3n) is 2.82. The number of carbonyl (C=O) groups excluding carboxylic acids is 2. The third kappa shape index (κ3) is 4.73. The van der Waals surface area contributed by atoms with Crippen molar-refractivity contribution in [1.29, 1.82) is 0 Å². The topological polar surface area (TPSA) is 114 Å². The number of nitrogens with one attached hydrogen (secondary N) is 2. The van der Waals surface area contributed by atoms with Gasteiger partial charge < -0.3 is 15.8 Å². The lowest BCUT2D eigenvalue weighted by molar-refractivity contribution is -0.132. The van der Waals surface area contributed by atoms with Crippen LogP contribution in [0.5, 0.6) is 5.75 Å². The molecule has 0 aromatic heterocycles. The Bertz CT molecular complexity index is 494. The maximum Gasteiger partial charge on any atom is 0.267 e. The van der Waals surface area contributed by atoms with Crippen LogP contribution >= 0.6 is 0 Å². The average Bonchev–Trinajstić information content (AvgIpc) is 2.43. The van der Waals surface area contributed by atoms with Crippen LogP contribution in [0.1, 0.15) is 31.1 Å². The zero-order valence-electron chi connectivity index (χ0n) is 12.3. The standard InChI is InChI=1S/C14H21N3O4/c1-4-21-10-7-5-9(6-8-10)12(18)16-11(13(19)17-20)14(2,3)15/h5-8,11,20H,4,15H2,1-3H3,(H,16,18)(H,17,19)/t11-/m0/s1. The molecule has 0 saturated heterocycles. The Morgan fingerprint density at radius 1 is 1.33 bits per heavy atom. The Labute approximate surface area is 123 Å². The van der Waals surface area contributed by atoms with Gasteiger partial charge in [0.1, 0.15) is 11.8 Å². The first-order valence-electron chi connectivity index (χ1n) is 6.56. The van der Waals surface area contributed by atoms with Crippen LogP contribution in [0.2, 0.25) is 0 Å². The summed E-state index contributed by atoms with van der Waals surface area (Å²) in [6.07, 6.45) is 0. The van der Waals surface area contributed by atoms with E-state index in [9.17, 15) is 9.59 Å². The maximum absolute atomic E-state index is 12.1. The van der Waals surface area contributed by atoms with Crippen molar-refractivity contribution in [2.45, 2.75) is 32.4 Å². The predicted octanol–water partition coefficient (Wildman–Crippen LogP) is 0.426. The number of ether oxygens (including phenoxy) is 1. The van der Waals surface area contributed by atoms with E-state index in [1.54, 1.807) is 38.1 Å². The van der Waals surface area contributed by atoms with Gasteiger partial charge in [-0.25, -0.2) is 5.48 Å². The number of amides is 2. The Kier molecular flexibility index (Phi) is 5.69. The van der Waals surface area contributed by atoms with Gasteiger partial charge >= 0.3 is 0 Å². The van der Waals surface area contributed by atoms with Gasteiger partial charge in [0, 0.05) is 11.1 Å². The largest absolute Gasteiger partial charge is 0.494 e. The van der Waals surface area contributed by atoms with E-state index < -0.39 is 23.4 Å². The fourth-order valence-corrected chi connectivity index (χ4v) is 1.74. The second-order valence-electron chi connectivity index (χ2n) is 5.16. The van der Waals surface area contributed by atoms with E-state index in [0.29, 0.717) is 17.9 Å². The first-order chi connectivity index (χ1) is 9.79. The third-order valence-corrected chi connectivity index (χ3v) is 2.82. The molecule has 7 nitrogen and oxygen atoms in total. The molecule has 7 heteroatoms. The van der Waals surface area contributed by atoms with Crippen molar-refractivity contribution in [1.82, 2.24) is 10.8 Å². The van der Waals surface area contributed by atoms with Crippen LogP contribution in [0.4, 0.5) is 0 Å². The number of rotatable bonds is 6. The lowest BCUT2D eigenvalue weighted by Crippen LogP contribution is -2.61. The molecule has 1 aromatic carbocycles. The van der Waals surface area contributed by atoms with Gasteiger partial charge in [0.25, 0.3) is 11.8 Å². The number of hydrogen-bond donors (Lipinski definition) is 4. The fraction of sp³-hybridized carbons (Fsp3) is 0.429. The van der Waals surface area contributed by atoms with Crippen LogP contribution in [0, 0.1) is 0 Å². The van der Waals surface area contributed by atoms with Crippen molar-refractivity contribution < 1.29 is 19.5 Å². The smallest absolute Gasteiger partial charge is 0.267 e. The van der Waals surface area contributed by atoms with E-state index in [4.69, 9.17) is 15.7 Å². The summed E-state index contributed by atoms with van der Waals surface area (Å²) >= 11 is 0. The Morgan fingerprint density at radius 2 is 1.90 bits per heavy atom. The Hall–Kier alpha value is -2.12. The molecule has 2 amide bonds. The van der Waals surface area contributed by atoms with Crippen molar-refractivity contribution in [2.24, 2.45) is 5.73 Å². The first kappa shape index (κ1) is 16.9. The molecule has 0 radical (unpaired) electrons. The molecule has 0 heterocycles. The Morgan fingerprint density at radius 3 is 2.33 bits per heavy atom. The molecule has 1 rings (SSSR count). The normalized spacial score (nSPS) is 12.4. The summed E-state index contributed by atoms with van der Waals surface area (Å²) in [5.41, 5.74) is 6.67. The molecule has 0 saturated carbocycles. The second kappa shape index (κ2) is 7.05. The van der Waals surface area contributed by atoms with Crippen LogP contribution in [0.15, 0.2) is 24.3 Å². The van der Waals surface area contributed by atoms with Crippen LogP contribution in [0.3, 0.4) is 0 Å². The number of nitrogens with two attached hydrogens (primary N) is 1.